The van der Waals surface area contributed by atoms with Crippen molar-refractivity contribution < 1.29 is 4.74 Å². The van der Waals surface area contributed by atoms with Crippen LogP contribution in [0.3, 0.4) is 0 Å². The van der Waals surface area contributed by atoms with Gasteiger partial charge in [-0.05, 0) is 83.6 Å². The van der Waals surface area contributed by atoms with Crippen molar-refractivity contribution in [3.8, 4) is 44.9 Å². The third kappa shape index (κ3) is 4.42. The molecule has 0 saturated carbocycles. The van der Waals surface area contributed by atoms with Crippen LogP contribution in [0, 0.1) is 0 Å². The second kappa shape index (κ2) is 12.3. The van der Waals surface area contributed by atoms with Crippen LogP contribution in [0.25, 0.3) is 44.2 Å². The van der Waals surface area contributed by atoms with Crippen LogP contribution in [-0.2, 0) is 10.8 Å². The lowest BCUT2D eigenvalue weighted by molar-refractivity contribution is 0.430. The zero-order valence-electron chi connectivity index (χ0n) is 32.5. The third-order valence-corrected chi connectivity index (χ3v) is 13.5. The van der Waals surface area contributed by atoms with Gasteiger partial charge < -0.3 is 4.74 Å². The minimum atomic E-state index is -0.550. The molecule has 2 aliphatic carbocycles. The van der Waals surface area contributed by atoms with Crippen molar-refractivity contribution >= 4 is 10.8 Å². The average molecular weight is 741 g/mol. The first kappa shape index (κ1) is 33.2. The van der Waals surface area contributed by atoms with Crippen LogP contribution in [-0.4, -0.2) is 0 Å². The quantitative estimate of drug-likeness (QED) is 0.163. The number of ether oxygens (including phenoxy) is 1. The van der Waals surface area contributed by atoms with E-state index in [1.807, 2.05) is 0 Å². The smallest absolute Gasteiger partial charge is 0.136 e. The van der Waals surface area contributed by atoms with Crippen molar-refractivity contribution in [3.05, 3.63) is 250 Å². The molecule has 0 saturated heterocycles. The predicted molar refractivity (Wildman–Crippen MR) is 238 cm³/mol. The van der Waals surface area contributed by atoms with Crippen LogP contribution in [0.4, 0.5) is 0 Å². The summed E-state index contributed by atoms with van der Waals surface area (Å²) in [6, 6.07) is 74.3. The van der Waals surface area contributed by atoms with E-state index >= 15 is 0 Å². The summed E-state index contributed by atoms with van der Waals surface area (Å²) in [4.78, 5) is 0. The molecular weight excluding hydrogens is 701 g/mol. The summed E-state index contributed by atoms with van der Waals surface area (Å²) in [5.74, 6) is 1.68. The van der Waals surface area contributed by atoms with E-state index in [0.717, 1.165) is 17.1 Å². The first-order valence-electron chi connectivity index (χ1n) is 20.5. The Bertz CT molecular complexity index is 3090. The lowest BCUT2D eigenvalue weighted by Crippen LogP contribution is -2.32. The minimum absolute atomic E-state index is 0.148. The second-order valence-corrected chi connectivity index (χ2v) is 16.7. The van der Waals surface area contributed by atoms with Gasteiger partial charge in [0.1, 0.15) is 11.5 Å². The van der Waals surface area contributed by atoms with Gasteiger partial charge in [0.25, 0.3) is 0 Å². The SMILES string of the molecule is CC1(C)c2ccccc2-c2ccc(C(c3cccc4c3Oc3ccccc3C43c4ccccc4-c4ccccc43)c3ccc4ccccc4c3-c3ccccc3)cc21. The van der Waals surface area contributed by atoms with E-state index in [4.69, 9.17) is 4.74 Å². The monoisotopic (exact) mass is 740 g/mol. The highest BCUT2D eigenvalue weighted by Crippen LogP contribution is 2.63. The van der Waals surface area contributed by atoms with Crippen LogP contribution < -0.4 is 4.74 Å². The second-order valence-electron chi connectivity index (χ2n) is 16.7. The summed E-state index contributed by atoms with van der Waals surface area (Å²) in [6.45, 7) is 4.76. The molecule has 1 aliphatic heterocycles. The van der Waals surface area contributed by atoms with E-state index in [1.165, 1.54) is 88.7 Å². The number of rotatable bonds is 4. The zero-order chi connectivity index (χ0) is 38.6. The molecule has 0 radical (unpaired) electrons. The van der Waals surface area contributed by atoms with Gasteiger partial charge in [0.15, 0.2) is 0 Å². The molecule has 1 atom stereocenters. The van der Waals surface area contributed by atoms with Crippen molar-refractivity contribution in [2.75, 3.05) is 0 Å². The average Bonchev–Trinajstić information content (AvgIpc) is 3.70. The molecule has 9 aromatic rings. The van der Waals surface area contributed by atoms with Crippen LogP contribution in [0.1, 0.15) is 69.8 Å². The fourth-order valence-corrected chi connectivity index (χ4v) is 11.0. The summed E-state index contributed by atoms with van der Waals surface area (Å²) in [7, 11) is 0. The van der Waals surface area contributed by atoms with Crippen molar-refractivity contribution in [1.82, 2.24) is 0 Å². The van der Waals surface area contributed by atoms with Gasteiger partial charge in [-0.15, -0.1) is 0 Å². The van der Waals surface area contributed by atoms with Crippen molar-refractivity contribution in [3.63, 3.8) is 0 Å². The molecular formula is C57H40O. The molecule has 0 amide bonds. The minimum Gasteiger partial charge on any atom is -0.456 e. The normalized spacial score (nSPS) is 15.1. The van der Waals surface area contributed by atoms with Gasteiger partial charge in [0.2, 0.25) is 0 Å². The molecule has 1 spiro atoms. The molecule has 9 aromatic carbocycles. The van der Waals surface area contributed by atoms with Crippen LogP contribution in [0.2, 0.25) is 0 Å². The molecule has 58 heavy (non-hydrogen) atoms. The van der Waals surface area contributed by atoms with E-state index in [2.05, 4.69) is 214 Å². The molecule has 12 rings (SSSR count). The van der Waals surface area contributed by atoms with Crippen LogP contribution in [0.5, 0.6) is 11.5 Å². The number of fused-ring (bicyclic) bond motifs is 13. The number of benzene rings is 9. The maximum absolute atomic E-state index is 7.37. The highest BCUT2D eigenvalue weighted by atomic mass is 16.5. The molecule has 0 aromatic heterocycles. The Balaban J connectivity index is 1.19. The fourth-order valence-electron chi connectivity index (χ4n) is 11.0. The Morgan fingerprint density at radius 3 is 1.76 bits per heavy atom. The summed E-state index contributed by atoms with van der Waals surface area (Å²) in [5.41, 5.74) is 18.4. The summed E-state index contributed by atoms with van der Waals surface area (Å²) < 4.78 is 7.37. The lowest BCUT2D eigenvalue weighted by Gasteiger charge is -2.41. The Morgan fingerprint density at radius 1 is 0.414 bits per heavy atom. The lowest BCUT2D eigenvalue weighted by atomic mass is 9.65. The Hall–Kier alpha value is -6.96. The van der Waals surface area contributed by atoms with Gasteiger partial charge in [0, 0.05) is 28.0 Å². The van der Waals surface area contributed by atoms with Crippen molar-refractivity contribution in [1.29, 1.82) is 0 Å². The maximum Gasteiger partial charge on any atom is 0.136 e. The van der Waals surface area contributed by atoms with Gasteiger partial charge >= 0.3 is 0 Å². The topological polar surface area (TPSA) is 9.23 Å². The highest BCUT2D eigenvalue weighted by molar-refractivity contribution is 5.99. The van der Waals surface area contributed by atoms with E-state index in [9.17, 15) is 0 Å². The third-order valence-electron chi connectivity index (χ3n) is 13.5. The molecule has 1 heterocycles. The Morgan fingerprint density at radius 2 is 1.00 bits per heavy atom. The number of hydrogen-bond acceptors (Lipinski definition) is 1. The number of para-hydroxylation sites is 2. The van der Waals surface area contributed by atoms with E-state index in [0.29, 0.717) is 0 Å². The largest absolute Gasteiger partial charge is 0.456 e. The Kier molecular flexibility index (Phi) is 7.02. The fraction of sp³-hybridized carbons (Fsp3) is 0.0877. The molecule has 1 unspecified atom stereocenters. The molecule has 0 N–H and O–H groups in total. The predicted octanol–water partition coefficient (Wildman–Crippen LogP) is 14.5. The van der Waals surface area contributed by atoms with Gasteiger partial charge in [-0.2, -0.15) is 0 Å². The van der Waals surface area contributed by atoms with Gasteiger partial charge in [-0.1, -0.05) is 208 Å². The molecule has 3 aliphatic rings. The van der Waals surface area contributed by atoms with E-state index in [1.54, 1.807) is 0 Å². The van der Waals surface area contributed by atoms with E-state index in [-0.39, 0.29) is 11.3 Å². The molecule has 274 valence electrons. The zero-order valence-corrected chi connectivity index (χ0v) is 32.5. The molecule has 0 bridgehead atoms. The van der Waals surface area contributed by atoms with Crippen LogP contribution >= 0.6 is 0 Å². The number of hydrogen-bond donors (Lipinski definition) is 0. The first-order valence-corrected chi connectivity index (χ1v) is 20.5. The molecule has 1 heteroatoms. The summed E-state index contributed by atoms with van der Waals surface area (Å²) in [6.07, 6.45) is 0. The van der Waals surface area contributed by atoms with Crippen LogP contribution in [0.15, 0.2) is 200 Å². The maximum atomic E-state index is 7.37. The summed E-state index contributed by atoms with van der Waals surface area (Å²) >= 11 is 0. The van der Waals surface area contributed by atoms with E-state index < -0.39 is 5.41 Å². The first-order chi connectivity index (χ1) is 28.5. The van der Waals surface area contributed by atoms with Gasteiger partial charge in [0.05, 0.1) is 5.41 Å². The summed E-state index contributed by atoms with van der Waals surface area (Å²) in [5, 5.41) is 2.48. The van der Waals surface area contributed by atoms with Gasteiger partial charge in [-0.25, -0.2) is 0 Å². The Labute approximate surface area is 339 Å². The van der Waals surface area contributed by atoms with Crippen molar-refractivity contribution in [2.24, 2.45) is 0 Å². The van der Waals surface area contributed by atoms with Gasteiger partial charge in [-0.3, -0.25) is 0 Å². The molecule has 1 nitrogen and oxygen atoms in total. The highest BCUT2D eigenvalue weighted by Gasteiger charge is 2.51. The van der Waals surface area contributed by atoms with Crippen molar-refractivity contribution in [2.45, 2.75) is 30.6 Å². The molecule has 0 fully saturated rings. The standard InChI is InChI=1S/C57H40O/c1-56(2)46-25-11-8-21-40(46)43-33-32-38(35-51(43)56)54(44-34-31-36-17-6-7-20-39(36)53(44)37-18-4-3-5-19-37)45-24-16-29-50-55(45)58-52-30-15-14-28-49(52)57(50)47-26-12-9-22-41(47)42-23-10-13-27-48(42)57/h3-35,54H,1-2H3.